The molecule has 0 saturated heterocycles. The van der Waals surface area contributed by atoms with Gasteiger partial charge in [-0.1, -0.05) is 122 Å². The molecule has 9 nitrogen and oxygen atoms in total. The molecule has 3 unspecified atom stereocenters. The smallest absolute Gasteiger partial charge is 0.457 e. The number of hydrogen-bond acceptors (Lipinski definition) is 8. The Hall–Kier alpha value is -0.800. The van der Waals surface area contributed by atoms with Gasteiger partial charge < -0.3 is 24.6 Å². The number of carbonyl (C=O) groups excluding carboxylic acids is 1. The fraction of sp³-hybridized carbons (Fsp3) is 0.909. The molecule has 0 saturated carbocycles. The Labute approximate surface area is 262 Å². The first-order valence-corrected chi connectivity index (χ1v) is 18.7. The van der Waals surface area contributed by atoms with Gasteiger partial charge in [0, 0.05) is 13.0 Å². The van der Waals surface area contributed by atoms with Crippen LogP contribution in [0.15, 0.2) is 12.2 Å². The first kappa shape index (κ1) is 42.2. The Balaban J connectivity index is 4.29. The lowest BCUT2D eigenvalue weighted by Crippen LogP contribution is -2.29. The zero-order valence-electron chi connectivity index (χ0n) is 27.4. The molecular formula is C33H65O9P. The van der Waals surface area contributed by atoms with E-state index in [1.165, 1.54) is 70.6 Å². The molecule has 0 aromatic heterocycles. The Morgan fingerprint density at radius 2 is 1.21 bits per heavy atom. The number of unbranched alkanes of at least 4 members (excludes halogenated alkanes) is 17. The molecule has 0 aliphatic rings. The normalized spacial score (nSPS) is 14.6. The van der Waals surface area contributed by atoms with Crippen molar-refractivity contribution in [1.29, 1.82) is 0 Å². The Morgan fingerprint density at radius 1 is 0.698 bits per heavy atom. The average Bonchev–Trinajstić information content (AvgIpc) is 2.99. The minimum absolute atomic E-state index is 0.0501. The SMILES string of the molecule is CCCC/C=C\CCCCCCCC(=O)OC(COCCCCCCCCCCCCC)COP(=O)(O)OCC(O)CO. The van der Waals surface area contributed by atoms with Crippen molar-refractivity contribution < 1.29 is 43.0 Å². The molecular weight excluding hydrogens is 571 g/mol. The molecule has 0 fully saturated rings. The van der Waals surface area contributed by atoms with E-state index >= 15 is 0 Å². The number of aliphatic hydroxyl groups is 2. The van der Waals surface area contributed by atoms with Gasteiger partial charge in [-0.15, -0.1) is 0 Å². The van der Waals surface area contributed by atoms with E-state index in [0.717, 1.165) is 57.8 Å². The van der Waals surface area contributed by atoms with E-state index in [-0.39, 0.29) is 19.6 Å². The number of carbonyl (C=O) groups is 1. The van der Waals surface area contributed by atoms with Crippen molar-refractivity contribution in [2.45, 2.75) is 161 Å². The number of ether oxygens (including phenoxy) is 2. The van der Waals surface area contributed by atoms with Crippen LogP contribution in [0.5, 0.6) is 0 Å². The third-order valence-electron chi connectivity index (χ3n) is 7.20. The molecule has 0 aliphatic carbocycles. The Bertz CT molecular complexity index is 689. The van der Waals surface area contributed by atoms with E-state index in [1.54, 1.807) is 0 Å². The zero-order valence-corrected chi connectivity index (χ0v) is 28.3. The van der Waals surface area contributed by atoms with Crippen LogP contribution in [0.1, 0.15) is 149 Å². The summed E-state index contributed by atoms with van der Waals surface area (Å²) in [4.78, 5) is 22.3. The molecule has 3 atom stereocenters. The molecule has 0 bridgehead atoms. The highest BCUT2D eigenvalue weighted by atomic mass is 31.2. The van der Waals surface area contributed by atoms with Gasteiger partial charge in [-0.3, -0.25) is 13.8 Å². The van der Waals surface area contributed by atoms with Gasteiger partial charge in [-0.25, -0.2) is 4.57 Å². The largest absolute Gasteiger partial charge is 0.472 e. The predicted octanol–water partition coefficient (Wildman–Crippen LogP) is 8.19. The first-order valence-electron chi connectivity index (χ1n) is 17.2. The summed E-state index contributed by atoms with van der Waals surface area (Å²) >= 11 is 0. The minimum Gasteiger partial charge on any atom is -0.457 e. The molecule has 0 aromatic rings. The van der Waals surface area contributed by atoms with Crippen molar-refractivity contribution in [1.82, 2.24) is 0 Å². The van der Waals surface area contributed by atoms with Gasteiger partial charge in [0.2, 0.25) is 0 Å². The van der Waals surface area contributed by atoms with Crippen molar-refractivity contribution in [2.75, 3.05) is 33.0 Å². The second kappa shape index (κ2) is 31.2. The maximum Gasteiger partial charge on any atom is 0.472 e. The number of rotatable bonds is 33. The maximum absolute atomic E-state index is 12.5. The quantitative estimate of drug-likeness (QED) is 0.0282. The summed E-state index contributed by atoms with van der Waals surface area (Å²) in [5.74, 6) is -0.393. The first-order chi connectivity index (χ1) is 20.8. The lowest BCUT2D eigenvalue weighted by Gasteiger charge is -2.20. The number of hydrogen-bond donors (Lipinski definition) is 3. The summed E-state index contributed by atoms with van der Waals surface area (Å²) in [5.41, 5.74) is 0. The average molecular weight is 637 g/mol. The van der Waals surface area contributed by atoms with Gasteiger partial charge in [0.1, 0.15) is 12.2 Å². The number of phosphoric acid groups is 1. The lowest BCUT2D eigenvalue weighted by molar-refractivity contribution is -0.154. The van der Waals surface area contributed by atoms with Crippen molar-refractivity contribution in [2.24, 2.45) is 0 Å². The van der Waals surface area contributed by atoms with Gasteiger partial charge in [-0.05, 0) is 32.1 Å². The highest BCUT2D eigenvalue weighted by molar-refractivity contribution is 7.47. The summed E-state index contributed by atoms with van der Waals surface area (Å²) in [6, 6.07) is 0. The minimum atomic E-state index is -4.50. The van der Waals surface area contributed by atoms with Gasteiger partial charge in [0.15, 0.2) is 0 Å². The van der Waals surface area contributed by atoms with Crippen LogP contribution in [-0.4, -0.2) is 66.3 Å². The van der Waals surface area contributed by atoms with Crippen LogP contribution in [0.3, 0.4) is 0 Å². The molecule has 3 N–H and O–H groups in total. The molecule has 0 aliphatic heterocycles. The summed E-state index contributed by atoms with van der Waals surface area (Å²) in [6.07, 6.45) is 26.0. The van der Waals surface area contributed by atoms with Crippen LogP contribution < -0.4 is 0 Å². The second-order valence-electron chi connectivity index (χ2n) is 11.5. The summed E-state index contributed by atoms with van der Waals surface area (Å²) in [7, 11) is -4.50. The fourth-order valence-corrected chi connectivity index (χ4v) is 5.30. The highest BCUT2D eigenvalue weighted by Crippen LogP contribution is 2.43. The monoisotopic (exact) mass is 636 g/mol. The second-order valence-corrected chi connectivity index (χ2v) is 13.0. The lowest BCUT2D eigenvalue weighted by atomic mass is 10.1. The third-order valence-corrected chi connectivity index (χ3v) is 8.15. The van der Waals surface area contributed by atoms with Crippen LogP contribution in [0.4, 0.5) is 0 Å². The maximum atomic E-state index is 12.5. The third kappa shape index (κ3) is 31.0. The molecule has 0 radical (unpaired) electrons. The van der Waals surface area contributed by atoms with E-state index in [9.17, 15) is 19.4 Å². The van der Waals surface area contributed by atoms with Crippen molar-refractivity contribution >= 4 is 13.8 Å². The fourth-order valence-electron chi connectivity index (χ4n) is 4.51. The molecule has 43 heavy (non-hydrogen) atoms. The van der Waals surface area contributed by atoms with Crippen molar-refractivity contribution in [3.05, 3.63) is 12.2 Å². The molecule has 256 valence electrons. The molecule has 0 rings (SSSR count). The highest BCUT2D eigenvalue weighted by Gasteiger charge is 2.26. The molecule has 0 amide bonds. The van der Waals surface area contributed by atoms with Crippen LogP contribution in [0, 0.1) is 0 Å². The standard InChI is InChI=1S/C33H65O9P/c1-3-5-7-9-11-13-15-17-19-21-23-25-33(36)42-32(30-41-43(37,38)40-28-31(35)27-34)29-39-26-24-22-20-18-16-14-12-10-8-6-4-2/h9,11,31-32,34-35H,3-8,10,12-30H2,1-2H3,(H,37,38)/b11-9-. The van der Waals surface area contributed by atoms with Gasteiger partial charge >= 0.3 is 13.8 Å². The topological polar surface area (TPSA) is 132 Å². The summed E-state index contributed by atoms with van der Waals surface area (Å²) in [6.45, 7) is 3.45. The van der Waals surface area contributed by atoms with Crippen LogP contribution in [-0.2, 0) is 27.9 Å². The molecule has 10 heteroatoms. The predicted molar refractivity (Wildman–Crippen MR) is 173 cm³/mol. The van der Waals surface area contributed by atoms with Crippen molar-refractivity contribution in [3.63, 3.8) is 0 Å². The van der Waals surface area contributed by atoms with Gasteiger partial charge in [0.25, 0.3) is 0 Å². The van der Waals surface area contributed by atoms with E-state index in [0.29, 0.717) is 6.61 Å². The van der Waals surface area contributed by atoms with E-state index in [1.807, 2.05) is 0 Å². The van der Waals surface area contributed by atoms with Crippen LogP contribution in [0.25, 0.3) is 0 Å². The van der Waals surface area contributed by atoms with E-state index < -0.39 is 39.2 Å². The van der Waals surface area contributed by atoms with Crippen molar-refractivity contribution in [3.8, 4) is 0 Å². The summed E-state index contributed by atoms with van der Waals surface area (Å²) < 4.78 is 33.1. The van der Waals surface area contributed by atoms with E-state index in [4.69, 9.17) is 23.6 Å². The Morgan fingerprint density at radius 3 is 1.81 bits per heavy atom. The number of phosphoric ester groups is 1. The van der Waals surface area contributed by atoms with Crippen LogP contribution >= 0.6 is 7.82 Å². The molecule has 0 spiro atoms. The summed E-state index contributed by atoms with van der Waals surface area (Å²) in [5, 5.41) is 18.2. The van der Waals surface area contributed by atoms with E-state index in [2.05, 4.69) is 26.0 Å². The van der Waals surface area contributed by atoms with Gasteiger partial charge in [0.05, 0.1) is 26.4 Å². The molecule has 0 heterocycles. The van der Waals surface area contributed by atoms with Crippen LogP contribution in [0.2, 0.25) is 0 Å². The zero-order chi connectivity index (χ0) is 31.9. The number of allylic oxidation sites excluding steroid dienone is 2. The van der Waals surface area contributed by atoms with Gasteiger partial charge in [-0.2, -0.15) is 0 Å². The number of esters is 1. The number of aliphatic hydroxyl groups excluding tert-OH is 2. The Kier molecular flexibility index (Phi) is 30.6. The molecule has 0 aromatic carbocycles.